The molecule has 0 radical (unpaired) electrons. The standard InChI is InChI=1S/C2HF3O.C2H3F3O.C2H5F.CH2F2.FH/c3-2(4)1-6-5;3-1-2(4)6-5;1-2-3;2-1-3;/h1H;2H,1H2;2H2,1H3;1H2;1H. The van der Waals surface area contributed by atoms with Gasteiger partial charge in [0.1, 0.15) is 6.67 Å². The van der Waals surface area contributed by atoms with Crippen LogP contribution in [0, 0.1) is 0 Å². The molecule has 0 bridgehead atoms. The minimum absolute atomic E-state index is 0. The van der Waals surface area contributed by atoms with Crippen molar-refractivity contribution in [2.75, 3.05) is 20.3 Å². The first-order valence-electron chi connectivity index (χ1n) is 3.85. The fourth-order valence-electron chi connectivity index (χ4n) is 0.0575. The van der Waals surface area contributed by atoms with Gasteiger partial charge in [0.15, 0.2) is 0 Å². The Balaban J connectivity index is -0.0000000476. The monoisotopic (exact) mass is 318 g/mol. The summed E-state index contributed by atoms with van der Waals surface area (Å²) >= 11 is 0. The quantitative estimate of drug-likeness (QED) is 0.550. The fourth-order valence-corrected chi connectivity index (χ4v) is 0.0575. The minimum Gasteiger partial charge on any atom is -0.297 e. The third kappa shape index (κ3) is 109. The molecule has 0 aliphatic rings. The van der Waals surface area contributed by atoms with E-state index in [2.05, 4.69) is 9.88 Å². The van der Waals surface area contributed by atoms with E-state index in [4.69, 9.17) is 0 Å². The first kappa shape index (κ1) is 30.7. The Hall–Kier alpha value is -1.20. The predicted octanol–water partition coefficient (Wildman–Crippen LogP) is 4.79. The molecule has 0 amide bonds. The maximum atomic E-state index is 10.9. The van der Waals surface area contributed by atoms with Crippen molar-refractivity contribution in [1.82, 2.24) is 0 Å². The lowest BCUT2D eigenvalue weighted by molar-refractivity contribution is -0.229. The normalized spacial score (nSPS) is 8.74. The average molecular weight is 318 g/mol. The van der Waals surface area contributed by atoms with Crippen LogP contribution in [0.3, 0.4) is 0 Å². The second kappa shape index (κ2) is 36.0. The smallest absolute Gasteiger partial charge is 0.297 e. The van der Waals surface area contributed by atoms with Gasteiger partial charge in [-0.15, -0.1) is 0 Å². The van der Waals surface area contributed by atoms with E-state index in [0.29, 0.717) is 0 Å². The first-order chi connectivity index (χ1) is 8.41. The average Bonchev–Trinajstić information content (AvgIpc) is 2.30. The van der Waals surface area contributed by atoms with E-state index in [1.807, 2.05) is 0 Å². The van der Waals surface area contributed by atoms with Crippen LogP contribution in [0.5, 0.6) is 0 Å². The van der Waals surface area contributed by atoms with Crippen molar-refractivity contribution in [2.45, 2.75) is 13.3 Å². The Kier molecular flexibility index (Phi) is 58.0. The highest BCUT2D eigenvalue weighted by molar-refractivity contribution is 4.67. The molecule has 0 N–H and O–H groups in total. The Morgan fingerprint density at radius 1 is 1.11 bits per heavy atom. The molecule has 0 aromatic rings. The molecule has 0 fully saturated rings. The van der Waals surface area contributed by atoms with Gasteiger partial charge in [0.2, 0.25) is 13.2 Å². The number of hydrogen-bond acceptors (Lipinski definition) is 2. The Morgan fingerprint density at radius 2 is 1.42 bits per heavy atom. The molecule has 0 aromatic heterocycles. The summed E-state index contributed by atoms with van der Waals surface area (Å²) in [6.07, 6.45) is -4.87. The molecule has 0 saturated carbocycles. The minimum atomic E-state index is -2.40. The van der Waals surface area contributed by atoms with E-state index in [9.17, 15) is 39.8 Å². The highest BCUT2D eigenvalue weighted by Gasteiger charge is 2.02. The third-order valence-electron chi connectivity index (χ3n) is 0.352. The van der Waals surface area contributed by atoms with Gasteiger partial charge in [-0.05, 0) is 11.4 Å². The Bertz CT molecular complexity index is 138. The lowest BCUT2D eigenvalue weighted by Gasteiger charge is -1.88. The number of rotatable bonds is 3. The van der Waals surface area contributed by atoms with Crippen LogP contribution >= 0.6 is 0 Å². The molecular weight excluding hydrogens is 306 g/mol. The molecule has 1 atom stereocenters. The summed E-state index contributed by atoms with van der Waals surface area (Å²) < 4.78 is 92.6. The number of hydrogen-bond donors (Lipinski definition) is 0. The van der Waals surface area contributed by atoms with Crippen LogP contribution in [0.25, 0.3) is 0 Å². The van der Waals surface area contributed by atoms with Gasteiger partial charge in [-0.2, -0.15) is 13.7 Å². The van der Waals surface area contributed by atoms with Gasteiger partial charge in [0.05, 0.1) is 6.67 Å². The molecular formula is C7H12F10O2. The van der Waals surface area contributed by atoms with Crippen molar-refractivity contribution >= 4 is 0 Å². The number of halogens is 10. The van der Waals surface area contributed by atoms with Crippen LogP contribution in [0.1, 0.15) is 6.92 Å². The molecule has 19 heavy (non-hydrogen) atoms. The highest BCUT2D eigenvalue weighted by Crippen LogP contribution is 1.95. The molecule has 0 saturated heterocycles. The molecule has 2 nitrogen and oxygen atoms in total. The second-order valence-corrected chi connectivity index (χ2v) is 1.52. The van der Waals surface area contributed by atoms with Crippen LogP contribution in [-0.4, -0.2) is 26.6 Å². The van der Waals surface area contributed by atoms with Crippen molar-refractivity contribution in [3.63, 3.8) is 0 Å². The first-order valence-corrected chi connectivity index (χ1v) is 3.85. The fraction of sp³-hybridized carbons (Fsp3) is 0.714. The van der Waals surface area contributed by atoms with E-state index < -0.39 is 26.0 Å². The van der Waals surface area contributed by atoms with E-state index in [-0.39, 0.29) is 17.6 Å². The summed E-state index contributed by atoms with van der Waals surface area (Å²) in [6, 6.07) is 0. The topological polar surface area (TPSA) is 18.5 Å². The highest BCUT2D eigenvalue weighted by atomic mass is 19.3. The van der Waals surface area contributed by atoms with Gasteiger partial charge < -0.3 is 0 Å². The Labute approximate surface area is 102 Å². The summed E-state index contributed by atoms with van der Waals surface area (Å²) in [4.78, 5) is 4.75. The van der Waals surface area contributed by atoms with Crippen LogP contribution in [-0.2, 0) is 9.88 Å². The summed E-state index contributed by atoms with van der Waals surface area (Å²) in [5.74, 6) is 0. The molecule has 0 aliphatic heterocycles. The lowest BCUT2D eigenvalue weighted by Crippen LogP contribution is -2.00. The predicted molar refractivity (Wildman–Crippen MR) is 46.8 cm³/mol. The van der Waals surface area contributed by atoms with Crippen LogP contribution in [0.15, 0.2) is 12.3 Å². The number of alkyl halides is 5. The van der Waals surface area contributed by atoms with Crippen molar-refractivity contribution in [2.24, 2.45) is 0 Å². The Morgan fingerprint density at radius 3 is 1.42 bits per heavy atom. The van der Waals surface area contributed by atoms with Crippen LogP contribution < -0.4 is 0 Å². The van der Waals surface area contributed by atoms with Gasteiger partial charge in [0.25, 0.3) is 6.36 Å². The van der Waals surface area contributed by atoms with Crippen molar-refractivity contribution < 1.29 is 54.4 Å². The molecule has 122 valence electrons. The van der Waals surface area contributed by atoms with Gasteiger partial charge in [-0.1, -0.05) is 0 Å². The van der Waals surface area contributed by atoms with Crippen molar-refractivity contribution in [1.29, 1.82) is 0 Å². The third-order valence-corrected chi connectivity index (χ3v) is 0.352. The molecule has 0 aliphatic carbocycles. The zero-order chi connectivity index (χ0) is 15.4. The molecule has 0 rings (SSSR count). The van der Waals surface area contributed by atoms with E-state index >= 15 is 0 Å². The van der Waals surface area contributed by atoms with Crippen molar-refractivity contribution in [3.8, 4) is 0 Å². The van der Waals surface area contributed by atoms with Crippen molar-refractivity contribution in [3.05, 3.63) is 12.3 Å². The van der Waals surface area contributed by atoms with E-state index in [1.165, 1.54) is 6.92 Å². The van der Waals surface area contributed by atoms with E-state index in [1.54, 1.807) is 0 Å². The summed E-state index contributed by atoms with van der Waals surface area (Å²) in [5, 5.41) is 0. The zero-order valence-electron chi connectivity index (χ0n) is 9.40. The molecule has 0 aromatic carbocycles. The molecule has 0 heterocycles. The van der Waals surface area contributed by atoms with E-state index in [0.717, 1.165) is 0 Å². The lowest BCUT2D eigenvalue weighted by atomic mass is 10.8. The second-order valence-electron chi connectivity index (χ2n) is 1.52. The maximum absolute atomic E-state index is 10.9. The van der Waals surface area contributed by atoms with Crippen LogP contribution in [0.4, 0.5) is 44.5 Å². The SMILES string of the molecule is CCF.F.FCC(F)OF.FCF.FOC=C(F)F. The van der Waals surface area contributed by atoms with Gasteiger partial charge in [-0.3, -0.25) is 14.0 Å². The maximum Gasteiger partial charge on any atom is 0.308 e. The van der Waals surface area contributed by atoms with Gasteiger partial charge >= 0.3 is 6.08 Å². The van der Waals surface area contributed by atoms with Gasteiger partial charge in [-0.25, -0.2) is 17.6 Å². The summed E-state index contributed by atoms with van der Waals surface area (Å²) in [6.45, 7) is -1.98. The molecule has 1 unspecified atom stereocenters. The van der Waals surface area contributed by atoms with Crippen LogP contribution in [0.2, 0.25) is 0 Å². The zero-order valence-corrected chi connectivity index (χ0v) is 9.40. The van der Waals surface area contributed by atoms with Gasteiger partial charge in [0, 0.05) is 4.53 Å². The summed E-state index contributed by atoms with van der Waals surface area (Å²) in [5.41, 5.74) is 0. The molecule has 0 spiro atoms. The summed E-state index contributed by atoms with van der Waals surface area (Å²) in [7, 11) is 0. The molecule has 12 heteroatoms. The largest absolute Gasteiger partial charge is 0.308 e.